The Morgan fingerprint density at radius 1 is 0.885 bits per heavy atom. The first-order valence-electron chi connectivity index (χ1n) is 7.49. The van der Waals surface area contributed by atoms with Crippen molar-refractivity contribution in [3.63, 3.8) is 0 Å². The zero-order valence-corrected chi connectivity index (χ0v) is 15.3. The summed E-state index contributed by atoms with van der Waals surface area (Å²) < 4.78 is 32.1. The van der Waals surface area contributed by atoms with Crippen molar-refractivity contribution >= 4 is 38.9 Å². The quantitative estimate of drug-likeness (QED) is 0.666. The van der Waals surface area contributed by atoms with Gasteiger partial charge in [-0.1, -0.05) is 11.6 Å². The number of nitrogens with one attached hydrogen (secondary N) is 2. The zero-order chi connectivity index (χ0) is 18.6. The molecule has 26 heavy (non-hydrogen) atoms. The van der Waals surface area contributed by atoms with Gasteiger partial charge in [0, 0.05) is 10.7 Å². The Morgan fingerprint density at radius 3 is 2.08 bits per heavy atom. The van der Waals surface area contributed by atoms with Crippen molar-refractivity contribution in [2.75, 3.05) is 17.1 Å². The highest BCUT2D eigenvalue weighted by molar-refractivity contribution is 7.92. The fraction of sp³-hybridized carbons (Fsp3) is 0.0588. The monoisotopic (exact) mass is 390 g/mol. The van der Waals surface area contributed by atoms with Crippen LogP contribution in [0.15, 0.2) is 65.6 Å². The third kappa shape index (κ3) is 4.41. The molecule has 2 N–H and O–H groups in total. The highest BCUT2D eigenvalue weighted by atomic mass is 35.5. The van der Waals surface area contributed by atoms with Gasteiger partial charge in [0.25, 0.3) is 10.0 Å². The molecule has 0 amide bonds. The van der Waals surface area contributed by atoms with E-state index in [1.807, 2.05) is 24.3 Å². The van der Waals surface area contributed by atoms with E-state index >= 15 is 0 Å². The summed E-state index contributed by atoms with van der Waals surface area (Å²) in [6, 6.07) is 16.3. The topological polar surface area (TPSA) is 93.2 Å². The van der Waals surface area contributed by atoms with E-state index in [0.717, 1.165) is 11.4 Å². The second-order valence-electron chi connectivity index (χ2n) is 5.22. The van der Waals surface area contributed by atoms with Gasteiger partial charge in [-0.3, -0.25) is 4.72 Å². The van der Waals surface area contributed by atoms with Crippen molar-refractivity contribution in [2.45, 2.75) is 4.90 Å². The van der Waals surface area contributed by atoms with Gasteiger partial charge in [0.2, 0.25) is 0 Å². The van der Waals surface area contributed by atoms with Crippen molar-refractivity contribution in [1.82, 2.24) is 10.2 Å². The summed E-state index contributed by atoms with van der Waals surface area (Å²) in [5.74, 6) is 1.33. The molecule has 134 valence electrons. The molecule has 7 nitrogen and oxygen atoms in total. The minimum atomic E-state index is -3.75. The molecule has 0 radical (unpaired) electrons. The zero-order valence-electron chi connectivity index (χ0n) is 13.7. The number of nitrogens with zero attached hydrogens (tertiary/aromatic N) is 2. The van der Waals surface area contributed by atoms with Crippen LogP contribution in [0.2, 0.25) is 5.02 Å². The van der Waals surface area contributed by atoms with E-state index < -0.39 is 10.0 Å². The summed E-state index contributed by atoms with van der Waals surface area (Å²) in [5, 5.41) is 11.4. The second kappa shape index (κ2) is 7.59. The van der Waals surface area contributed by atoms with E-state index in [1.165, 1.54) is 30.3 Å². The number of halogens is 1. The third-order valence-corrected chi connectivity index (χ3v) is 5.01. The fourth-order valence-electron chi connectivity index (χ4n) is 2.09. The Balaban J connectivity index is 1.69. The van der Waals surface area contributed by atoms with Gasteiger partial charge in [0.15, 0.2) is 11.6 Å². The van der Waals surface area contributed by atoms with Crippen LogP contribution in [0.1, 0.15) is 0 Å². The Kier molecular flexibility index (Phi) is 5.24. The Hall–Kier alpha value is -2.84. The highest BCUT2D eigenvalue weighted by Crippen LogP contribution is 2.20. The van der Waals surface area contributed by atoms with Gasteiger partial charge in [-0.2, -0.15) is 0 Å². The fourth-order valence-corrected chi connectivity index (χ4v) is 3.21. The van der Waals surface area contributed by atoms with Crippen LogP contribution in [-0.2, 0) is 10.0 Å². The molecule has 0 unspecified atom stereocenters. The van der Waals surface area contributed by atoms with Crippen LogP contribution >= 0.6 is 11.6 Å². The number of ether oxygens (including phenoxy) is 1. The molecule has 0 aliphatic heterocycles. The molecule has 0 spiro atoms. The molecule has 0 saturated heterocycles. The summed E-state index contributed by atoms with van der Waals surface area (Å²) in [6.07, 6.45) is 0. The molecule has 0 saturated carbocycles. The minimum absolute atomic E-state index is 0.0872. The first kappa shape index (κ1) is 18.0. The lowest BCUT2D eigenvalue weighted by Gasteiger charge is -2.09. The van der Waals surface area contributed by atoms with Crippen molar-refractivity contribution in [3.05, 3.63) is 65.7 Å². The minimum Gasteiger partial charge on any atom is -0.497 e. The smallest absolute Gasteiger partial charge is 0.263 e. The van der Waals surface area contributed by atoms with E-state index in [-0.39, 0.29) is 10.7 Å². The van der Waals surface area contributed by atoms with Crippen LogP contribution in [0.4, 0.5) is 17.3 Å². The molecular formula is C17H15ClN4O3S. The van der Waals surface area contributed by atoms with E-state index in [0.29, 0.717) is 10.8 Å². The van der Waals surface area contributed by atoms with Crippen LogP contribution in [0.25, 0.3) is 0 Å². The van der Waals surface area contributed by atoms with E-state index in [4.69, 9.17) is 16.3 Å². The van der Waals surface area contributed by atoms with Crippen molar-refractivity contribution in [3.8, 4) is 5.75 Å². The lowest BCUT2D eigenvalue weighted by Crippen LogP contribution is -2.14. The van der Waals surface area contributed by atoms with E-state index in [9.17, 15) is 8.42 Å². The molecule has 1 aromatic heterocycles. The molecule has 0 bridgehead atoms. The molecule has 9 heteroatoms. The first-order valence-corrected chi connectivity index (χ1v) is 9.35. The average Bonchev–Trinajstić information content (AvgIpc) is 2.64. The molecule has 0 atom stereocenters. The highest BCUT2D eigenvalue weighted by Gasteiger charge is 2.15. The number of benzene rings is 2. The largest absolute Gasteiger partial charge is 0.497 e. The number of anilines is 3. The van der Waals surface area contributed by atoms with Crippen LogP contribution in [0.3, 0.4) is 0 Å². The molecule has 0 aliphatic rings. The van der Waals surface area contributed by atoms with Crippen molar-refractivity contribution in [1.29, 1.82) is 0 Å². The van der Waals surface area contributed by atoms with E-state index in [2.05, 4.69) is 20.2 Å². The standard InChI is InChI=1S/C17H15ClN4O3S/c1-25-14-6-4-13(5-7-14)19-16-10-11-17(21-20-16)22-26(23,24)15-8-2-12(18)3-9-15/h2-11H,1H3,(H,19,20)(H,21,22). The molecular weight excluding hydrogens is 376 g/mol. The number of hydrogen-bond donors (Lipinski definition) is 2. The SMILES string of the molecule is COc1ccc(Nc2ccc(NS(=O)(=O)c3ccc(Cl)cc3)nn2)cc1. The summed E-state index contributed by atoms with van der Waals surface area (Å²) in [6.45, 7) is 0. The first-order chi connectivity index (χ1) is 12.5. The van der Waals surface area contributed by atoms with Crippen molar-refractivity contribution < 1.29 is 13.2 Å². The molecule has 3 rings (SSSR count). The Labute approximate surface area is 156 Å². The van der Waals surface area contributed by atoms with Crippen LogP contribution in [0.5, 0.6) is 5.75 Å². The number of hydrogen-bond acceptors (Lipinski definition) is 6. The number of rotatable bonds is 6. The van der Waals surface area contributed by atoms with Gasteiger partial charge in [-0.25, -0.2) is 8.42 Å². The molecule has 3 aromatic rings. The maximum absolute atomic E-state index is 12.3. The lowest BCUT2D eigenvalue weighted by atomic mass is 10.3. The molecule has 0 aliphatic carbocycles. The molecule has 0 fully saturated rings. The van der Waals surface area contributed by atoms with Crippen LogP contribution < -0.4 is 14.8 Å². The van der Waals surface area contributed by atoms with Gasteiger partial charge < -0.3 is 10.1 Å². The van der Waals surface area contributed by atoms with Crippen molar-refractivity contribution in [2.24, 2.45) is 0 Å². The van der Waals surface area contributed by atoms with Gasteiger partial charge in [-0.15, -0.1) is 10.2 Å². The summed E-state index contributed by atoms with van der Waals surface area (Å²) in [4.78, 5) is 0.0872. The van der Waals surface area contributed by atoms with Gasteiger partial charge in [0.1, 0.15) is 5.75 Å². The predicted molar refractivity (Wildman–Crippen MR) is 101 cm³/mol. The number of methoxy groups -OCH3 is 1. The molecule has 1 heterocycles. The molecule has 2 aromatic carbocycles. The third-order valence-electron chi connectivity index (χ3n) is 3.39. The van der Waals surface area contributed by atoms with Gasteiger partial charge in [0.05, 0.1) is 12.0 Å². The maximum atomic E-state index is 12.3. The number of sulfonamides is 1. The Bertz CT molecular complexity index is 976. The predicted octanol–water partition coefficient (Wildman–Crippen LogP) is 3.68. The van der Waals surface area contributed by atoms with Gasteiger partial charge in [-0.05, 0) is 60.7 Å². The summed E-state index contributed by atoms with van der Waals surface area (Å²) in [5.41, 5.74) is 0.801. The maximum Gasteiger partial charge on any atom is 0.263 e. The summed E-state index contributed by atoms with van der Waals surface area (Å²) in [7, 11) is -2.16. The van der Waals surface area contributed by atoms with Crippen LogP contribution in [-0.4, -0.2) is 25.7 Å². The lowest BCUT2D eigenvalue weighted by molar-refractivity contribution is 0.415. The Morgan fingerprint density at radius 2 is 1.50 bits per heavy atom. The second-order valence-corrected chi connectivity index (χ2v) is 7.34. The van der Waals surface area contributed by atoms with Crippen LogP contribution in [0, 0.1) is 0 Å². The van der Waals surface area contributed by atoms with E-state index in [1.54, 1.807) is 13.2 Å². The number of aromatic nitrogens is 2. The average molecular weight is 391 g/mol. The summed E-state index contributed by atoms with van der Waals surface area (Å²) >= 11 is 5.77. The van der Waals surface area contributed by atoms with Gasteiger partial charge >= 0.3 is 0 Å². The normalized spacial score (nSPS) is 11.0.